The molecule has 15 heavy (non-hydrogen) atoms. The number of rotatable bonds is 5. The molecule has 0 aliphatic heterocycles. The Balaban J connectivity index is 2.56. The molecule has 0 heterocycles. The van der Waals surface area contributed by atoms with E-state index in [-0.39, 0.29) is 13.0 Å². The summed E-state index contributed by atoms with van der Waals surface area (Å²) < 4.78 is 30.5. The second-order valence-corrected chi connectivity index (χ2v) is 3.30. The Kier molecular flexibility index (Phi) is 4.65. The fraction of sp³-hybridized carbons (Fsp3) is 0.455. The quantitative estimate of drug-likeness (QED) is 0.814. The van der Waals surface area contributed by atoms with Crippen LogP contribution in [0.4, 0.5) is 8.78 Å². The largest absolute Gasteiger partial charge is 0.390 e. The van der Waals surface area contributed by atoms with Crippen LogP contribution in [0.5, 0.6) is 0 Å². The fourth-order valence-electron chi connectivity index (χ4n) is 1.31. The molecule has 0 amide bonds. The molecule has 0 radical (unpaired) electrons. The number of hydrogen-bond acceptors (Lipinski definition) is 2. The van der Waals surface area contributed by atoms with Gasteiger partial charge in [0.2, 0.25) is 0 Å². The van der Waals surface area contributed by atoms with Crippen LogP contribution < -0.4 is 0 Å². The van der Waals surface area contributed by atoms with Gasteiger partial charge in [-0.15, -0.1) is 0 Å². The van der Waals surface area contributed by atoms with Gasteiger partial charge in [0.25, 0.3) is 0 Å². The average molecular weight is 216 g/mol. The first-order valence-corrected chi connectivity index (χ1v) is 4.82. The minimum atomic E-state index is -0.730. The van der Waals surface area contributed by atoms with Gasteiger partial charge in [0.15, 0.2) is 0 Å². The molecule has 0 saturated heterocycles. The summed E-state index contributed by atoms with van der Waals surface area (Å²) in [5.74, 6) is -1.26. The second kappa shape index (κ2) is 5.78. The lowest BCUT2D eigenvalue weighted by molar-refractivity contribution is 0.0429. The Morgan fingerprint density at radius 3 is 2.40 bits per heavy atom. The van der Waals surface area contributed by atoms with Crippen molar-refractivity contribution >= 4 is 0 Å². The van der Waals surface area contributed by atoms with E-state index in [4.69, 9.17) is 4.74 Å². The van der Waals surface area contributed by atoms with E-state index in [1.165, 1.54) is 12.1 Å². The van der Waals surface area contributed by atoms with Gasteiger partial charge in [-0.25, -0.2) is 8.78 Å². The number of aliphatic hydroxyl groups is 1. The van der Waals surface area contributed by atoms with E-state index >= 15 is 0 Å². The van der Waals surface area contributed by atoms with Crippen LogP contribution in [0.2, 0.25) is 0 Å². The summed E-state index contributed by atoms with van der Waals surface area (Å²) in [5, 5.41) is 9.45. The SMILES string of the molecule is CCOCC(O)Cc1cc(F)cc(F)c1. The molecular weight excluding hydrogens is 202 g/mol. The summed E-state index contributed by atoms with van der Waals surface area (Å²) in [7, 11) is 0. The van der Waals surface area contributed by atoms with E-state index < -0.39 is 17.7 Å². The van der Waals surface area contributed by atoms with Crippen molar-refractivity contribution in [1.29, 1.82) is 0 Å². The zero-order valence-electron chi connectivity index (χ0n) is 8.54. The Morgan fingerprint density at radius 1 is 1.27 bits per heavy atom. The van der Waals surface area contributed by atoms with Gasteiger partial charge >= 0.3 is 0 Å². The van der Waals surface area contributed by atoms with Gasteiger partial charge in [-0.1, -0.05) is 0 Å². The smallest absolute Gasteiger partial charge is 0.126 e. The molecule has 1 aromatic rings. The third kappa shape index (κ3) is 4.36. The lowest BCUT2D eigenvalue weighted by Crippen LogP contribution is -2.18. The summed E-state index contributed by atoms with van der Waals surface area (Å²) >= 11 is 0. The second-order valence-electron chi connectivity index (χ2n) is 3.30. The number of halogens is 2. The molecule has 0 saturated carbocycles. The van der Waals surface area contributed by atoms with Crippen LogP contribution in [-0.4, -0.2) is 24.4 Å². The van der Waals surface area contributed by atoms with Crippen LogP contribution in [0, 0.1) is 11.6 Å². The molecule has 2 nitrogen and oxygen atoms in total. The van der Waals surface area contributed by atoms with Gasteiger partial charge in [-0.3, -0.25) is 0 Å². The van der Waals surface area contributed by atoms with Crippen LogP contribution in [0.1, 0.15) is 12.5 Å². The average Bonchev–Trinajstić information content (AvgIpc) is 2.13. The van der Waals surface area contributed by atoms with Crippen LogP contribution >= 0.6 is 0 Å². The van der Waals surface area contributed by atoms with Gasteiger partial charge in [-0.05, 0) is 24.6 Å². The highest BCUT2D eigenvalue weighted by molar-refractivity contribution is 5.18. The summed E-state index contributed by atoms with van der Waals surface area (Å²) in [5.41, 5.74) is 0.430. The summed E-state index contributed by atoms with van der Waals surface area (Å²) in [4.78, 5) is 0. The zero-order chi connectivity index (χ0) is 11.3. The molecule has 0 bridgehead atoms. The zero-order valence-corrected chi connectivity index (χ0v) is 8.54. The summed E-state index contributed by atoms with van der Waals surface area (Å²) in [6, 6.07) is 3.22. The van der Waals surface area contributed by atoms with Crippen molar-refractivity contribution in [3.05, 3.63) is 35.4 Å². The predicted octanol–water partition coefficient (Wildman–Crippen LogP) is 1.90. The molecule has 1 rings (SSSR count). The molecule has 0 aromatic heterocycles. The maximum atomic E-state index is 12.8. The van der Waals surface area contributed by atoms with E-state index in [1.54, 1.807) is 0 Å². The van der Waals surface area contributed by atoms with Gasteiger partial charge in [0.05, 0.1) is 12.7 Å². The fourth-order valence-corrected chi connectivity index (χ4v) is 1.31. The third-order valence-corrected chi connectivity index (χ3v) is 1.91. The molecule has 0 fully saturated rings. The Morgan fingerprint density at radius 2 is 1.87 bits per heavy atom. The van der Waals surface area contributed by atoms with Crippen molar-refractivity contribution in [1.82, 2.24) is 0 Å². The lowest BCUT2D eigenvalue weighted by atomic mass is 10.1. The highest BCUT2D eigenvalue weighted by atomic mass is 19.1. The van der Waals surface area contributed by atoms with Crippen molar-refractivity contribution in [3.8, 4) is 0 Å². The molecule has 1 atom stereocenters. The molecular formula is C11H14F2O2. The standard InChI is InChI=1S/C11H14F2O2/c1-2-15-7-11(14)5-8-3-9(12)6-10(13)4-8/h3-4,6,11,14H,2,5,7H2,1H3. The van der Waals surface area contributed by atoms with E-state index in [2.05, 4.69) is 0 Å². The molecule has 1 N–H and O–H groups in total. The molecule has 0 aliphatic rings. The topological polar surface area (TPSA) is 29.5 Å². The van der Waals surface area contributed by atoms with E-state index in [9.17, 15) is 13.9 Å². The van der Waals surface area contributed by atoms with Crippen LogP contribution in [-0.2, 0) is 11.2 Å². The number of aliphatic hydroxyl groups excluding tert-OH is 1. The highest BCUT2D eigenvalue weighted by Gasteiger charge is 2.07. The minimum Gasteiger partial charge on any atom is -0.390 e. The first-order valence-electron chi connectivity index (χ1n) is 4.82. The normalized spacial score (nSPS) is 12.8. The van der Waals surface area contributed by atoms with Crippen molar-refractivity contribution in [2.45, 2.75) is 19.4 Å². The van der Waals surface area contributed by atoms with Gasteiger partial charge in [-0.2, -0.15) is 0 Å². The Labute approximate surface area is 87.5 Å². The van der Waals surface area contributed by atoms with Crippen molar-refractivity contribution < 1.29 is 18.6 Å². The third-order valence-electron chi connectivity index (χ3n) is 1.91. The molecule has 0 spiro atoms. The van der Waals surface area contributed by atoms with Crippen molar-refractivity contribution in [2.24, 2.45) is 0 Å². The van der Waals surface area contributed by atoms with Gasteiger partial charge < -0.3 is 9.84 Å². The van der Waals surface area contributed by atoms with E-state index in [1.807, 2.05) is 6.92 Å². The number of benzene rings is 1. The molecule has 1 aromatic carbocycles. The van der Waals surface area contributed by atoms with Crippen LogP contribution in [0.25, 0.3) is 0 Å². The molecule has 0 aliphatic carbocycles. The Bertz CT molecular complexity index is 295. The Hall–Kier alpha value is -1.00. The first-order chi connectivity index (χ1) is 7.11. The van der Waals surface area contributed by atoms with Gasteiger partial charge in [0, 0.05) is 19.1 Å². The van der Waals surface area contributed by atoms with Crippen LogP contribution in [0.15, 0.2) is 18.2 Å². The summed E-state index contributed by atoms with van der Waals surface area (Å²) in [6.07, 6.45) is -0.541. The van der Waals surface area contributed by atoms with Gasteiger partial charge in [0.1, 0.15) is 11.6 Å². The van der Waals surface area contributed by atoms with E-state index in [0.29, 0.717) is 12.2 Å². The first kappa shape index (κ1) is 12.1. The molecule has 84 valence electrons. The monoisotopic (exact) mass is 216 g/mol. The number of ether oxygens (including phenoxy) is 1. The maximum Gasteiger partial charge on any atom is 0.126 e. The highest BCUT2D eigenvalue weighted by Crippen LogP contribution is 2.10. The number of hydrogen-bond donors (Lipinski definition) is 1. The summed E-state index contributed by atoms with van der Waals surface area (Å²) in [6.45, 7) is 2.50. The van der Waals surface area contributed by atoms with Crippen LogP contribution in [0.3, 0.4) is 0 Å². The lowest BCUT2D eigenvalue weighted by Gasteiger charge is -2.10. The maximum absolute atomic E-state index is 12.8. The molecule has 1 unspecified atom stereocenters. The van der Waals surface area contributed by atoms with Crippen molar-refractivity contribution in [3.63, 3.8) is 0 Å². The van der Waals surface area contributed by atoms with Crippen molar-refractivity contribution in [2.75, 3.05) is 13.2 Å². The van der Waals surface area contributed by atoms with E-state index in [0.717, 1.165) is 6.07 Å². The predicted molar refractivity (Wildman–Crippen MR) is 52.6 cm³/mol. The minimum absolute atomic E-state index is 0.175. The molecule has 4 heteroatoms.